The zero-order chi connectivity index (χ0) is 8.85. The van der Waals surface area contributed by atoms with Gasteiger partial charge in [0, 0.05) is 12.6 Å². The van der Waals surface area contributed by atoms with E-state index in [-0.39, 0.29) is 24.9 Å². The third kappa shape index (κ3) is 5.82. The number of hydrogen-bond donors (Lipinski definition) is 3. The number of carbonyl (C=O) groups is 1. The summed E-state index contributed by atoms with van der Waals surface area (Å²) in [5.41, 5.74) is 5.12. The smallest absolute Gasteiger partial charge is 0.222 e. The lowest BCUT2D eigenvalue weighted by molar-refractivity contribution is -0.123. The number of nitrogens with one attached hydrogen (secondary N) is 1. The Morgan fingerprint density at radius 1 is 1.64 bits per heavy atom. The summed E-state index contributed by atoms with van der Waals surface area (Å²) in [6.45, 7) is 3.87. The van der Waals surface area contributed by atoms with Crippen LogP contribution in [0.25, 0.3) is 0 Å². The van der Waals surface area contributed by atoms with Crippen molar-refractivity contribution in [3.8, 4) is 0 Å². The van der Waals surface area contributed by atoms with Gasteiger partial charge in [0.1, 0.15) is 0 Å². The van der Waals surface area contributed by atoms with Crippen molar-refractivity contribution in [2.45, 2.75) is 32.4 Å². The fourth-order valence-corrected chi connectivity index (χ4v) is 0.678. The molecular formula is C7H16N2O2. The predicted molar refractivity (Wildman–Crippen MR) is 43.0 cm³/mol. The van der Waals surface area contributed by atoms with Crippen LogP contribution in [0, 0.1) is 0 Å². The first-order chi connectivity index (χ1) is 5.06. The number of aliphatic hydroxyl groups is 1. The van der Waals surface area contributed by atoms with Gasteiger partial charge >= 0.3 is 0 Å². The van der Waals surface area contributed by atoms with Crippen LogP contribution in [0.1, 0.15) is 20.3 Å². The SMILES string of the molecule is CC(C)NC(=O)CC(O)CN. The molecule has 4 N–H and O–H groups in total. The van der Waals surface area contributed by atoms with Crippen molar-refractivity contribution < 1.29 is 9.90 Å². The van der Waals surface area contributed by atoms with E-state index in [0.717, 1.165) is 0 Å². The topological polar surface area (TPSA) is 75.3 Å². The molecule has 0 aromatic heterocycles. The highest BCUT2D eigenvalue weighted by molar-refractivity contribution is 5.76. The lowest BCUT2D eigenvalue weighted by Crippen LogP contribution is -2.34. The van der Waals surface area contributed by atoms with Crippen molar-refractivity contribution in [1.82, 2.24) is 5.32 Å². The number of amides is 1. The molecule has 0 saturated heterocycles. The molecule has 1 unspecified atom stereocenters. The monoisotopic (exact) mass is 160 g/mol. The van der Waals surface area contributed by atoms with Crippen molar-refractivity contribution in [3.05, 3.63) is 0 Å². The summed E-state index contributed by atoms with van der Waals surface area (Å²) in [4.78, 5) is 10.9. The van der Waals surface area contributed by atoms with Gasteiger partial charge in [-0.15, -0.1) is 0 Å². The van der Waals surface area contributed by atoms with E-state index in [1.807, 2.05) is 13.8 Å². The van der Waals surface area contributed by atoms with Crippen molar-refractivity contribution in [2.24, 2.45) is 5.73 Å². The first-order valence-electron chi connectivity index (χ1n) is 3.73. The molecule has 1 amide bonds. The van der Waals surface area contributed by atoms with Crippen LogP contribution >= 0.6 is 0 Å². The maximum absolute atomic E-state index is 10.9. The number of nitrogens with two attached hydrogens (primary N) is 1. The van der Waals surface area contributed by atoms with Crippen molar-refractivity contribution >= 4 is 5.91 Å². The molecule has 0 radical (unpaired) electrons. The fourth-order valence-electron chi connectivity index (χ4n) is 0.678. The predicted octanol–water partition coefficient (Wildman–Crippen LogP) is -0.779. The molecule has 4 nitrogen and oxygen atoms in total. The molecule has 0 aromatic rings. The van der Waals surface area contributed by atoms with E-state index >= 15 is 0 Å². The molecular weight excluding hydrogens is 144 g/mol. The summed E-state index contributed by atoms with van der Waals surface area (Å²) in [5.74, 6) is -0.155. The number of carbonyl (C=O) groups excluding carboxylic acids is 1. The Bertz CT molecular complexity index is 126. The first-order valence-corrected chi connectivity index (χ1v) is 3.73. The molecule has 0 spiro atoms. The molecule has 0 rings (SSSR count). The van der Waals surface area contributed by atoms with E-state index in [1.165, 1.54) is 0 Å². The first kappa shape index (κ1) is 10.4. The highest BCUT2D eigenvalue weighted by atomic mass is 16.3. The number of hydrogen-bond acceptors (Lipinski definition) is 3. The van der Waals surface area contributed by atoms with E-state index in [4.69, 9.17) is 10.8 Å². The minimum atomic E-state index is -0.714. The molecule has 0 heterocycles. The molecule has 66 valence electrons. The maximum atomic E-state index is 10.9. The van der Waals surface area contributed by atoms with E-state index < -0.39 is 6.10 Å². The third-order valence-corrected chi connectivity index (χ3v) is 1.14. The quantitative estimate of drug-likeness (QED) is 0.505. The van der Waals surface area contributed by atoms with Crippen LogP contribution in [0.2, 0.25) is 0 Å². The molecule has 0 bridgehead atoms. The summed E-state index contributed by atoms with van der Waals surface area (Å²) in [6.07, 6.45) is -0.622. The van der Waals surface area contributed by atoms with Gasteiger partial charge in [0.05, 0.1) is 12.5 Å². The second-order valence-corrected chi connectivity index (χ2v) is 2.82. The van der Waals surface area contributed by atoms with Gasteiger partial charge in [-0.2, -0.15) is 0 Å². The third-order valence-electron chi connectivity index (χ3n) is 1.14. The largest absolute Gasteiger partial charge is 0.391 e. The van der Waals surface area contributed by atoms with Crippen molar-refractivity contribution in [3.63, 3.8) is 0 Å². The summed E-state index contributed by atoms with van der Waals surface area (Å²) in [6, 6.07) is 0.118. The highest BCUT2D eigenvalue weighted by Gasteiger charge is 2.08. The van der Waals surface area contributed by atoms with Gasteiger partial charge in [-0.05, 0) is 13.8 Å². The van der Waals surface area contributed by atoms with Crippen LogP contribution < -0.4 is 11.1 Å². The van der Waals surface area contributed by atoms with Crippen LogP contribution in [0.15, 0.2) is 0 Å². The molecule has 11 heavy (non-hydrogen) atoms. The zero-order valence-electron chi connectivity index (χ0n) is 7.00. The Kier molecular flexibility index (Phi) is 4.81. The van der Waals surface area contributed by atoms with Crippen LogP contribution in [0.3, 0.4) is 0 Å². The van der Waals surface area contributed by atoms with Gasteiger partial charge in [0.2, 0.25) is 5.91 Å². The molecule has 0 fully saturated rings. The molecule has 0 saturated carbocycles. The van der Waals surface area contributed by atoms with Gasteiger partial charge in [-0.1, -0.05) is 0 Å². The molecule has 0 aliphatic rings. The molecule has 4 heteroatoms. The number of aliphatic hydroxyl groups excluding tert-OH is 1. The van der Waals surface area contributed by atoms with Gasteiger partial charge in [-0.25, -0.2) is 0 Å². The Hall–Kier alpha value is -0.610. The number of rotatable bonds is 4. The zero-order valence-corrected chi connectivity index (χ0v) is 7.00. The lowest BCUT2D eigenvalue weighted by Gasteiger charge is -2.10. The van der Waals surface area contributed by atoms with E-state index in [9.17, 15) is 4.79 Å². The van der Waals surface area contributed by atoms with Gasteiger partial charge in [0.25, 0.3) is 0 Å². The van der Waals surface area contributed by atoms with Gasteiger partial charge < -0.3 is 16.2 Å². The van der Waals surface area contributed by atoms with Crippen molar-refractivity contribution in [2.75, 3.05) is 6.54 Å². The average molecular weight is 160 g/mol. The molecule has 0 aliphatic carbocycles. The Morgan fingerprint density at radius 3 is 2.55 bits per heavy atom. The Balaban J connectivity index is 3.52. The van der Waals surface area contributed by atoms with Crippen molar-refractivity contribution in [1.29, 1.82) is 0 Å². The summed E-state index contributed by atoms with van der Waals surface area (Å²) < 4.78 is 0. The van der Waals surface area contributed by atoms with Crippen LogP contribution in [0.5, 0.6) is 0 Å². The standard InChI is InChI=1S/C7H16N2O2/c1-5(2)9-7(11)3-6(10)4-8/h5-6,10H,3-4,8H2,1-2H3,(H,9,11). The summed E-state index contributed by atoms with van der Waals surface area (Å²) in [7, 11) is 0. The van der Waals surface area contributed by atoms with E-state index in [1.54, 1.807) is 0 Å². The van der Waals surface area contributed by atoms with E-state index in [2.05, 4.69) is 5.32 Å². The van der Waals surface area contributed by atoms with Crippen LogP contribution in [0.4, 0.5) is 0 Å². The second kappa shape index (κ2) is 5.09. The minimum absolute atomic E-state index is 0.0919. The Labute approximate surface area is 66.8 Å². The maximum Gasteiger partial charge on any atom is 0.222 e. The molecule has 0 aromatic carbocycles. The van der Waals surface area contributed by atoms with Gasteiger partial charge in [0.15, 0.2) is 0 Å². The van der Waals surface area contributed by atoms with Crippen LogP contribution in [-0.2, 0) is 4.79 Å². The summed E-state index contributed by atoms with van der Waals surface area (Å²) >= 11 is 0. The lowest BCUT2D eigenvalue weighted by atomic mass is 10.2. The normalized spacial score (nSPS) is 13.2. The second-order valence-electron chi connectivity index (χ2n) is 2.82. The van der Waals surface area contributed by atoms with Crippen LogP contribution in [-0.4, -0.2) is 29.7 Å². The van der Waals surface area contributed by atoms with E-state index in [0.29, 0.717) is 0 Å². The highest BCUT2D eigenvalue weighted by Crippen LogP contribution is 1.89. The van der Waals surface area contributed by atoms with Gasteiger partial charge in [-0.3, -0.25) is 4.79 Å². The Morgan fingerprint density at radius 2 is 2.18 bits per heavy atom. The summed E-state index contributed by atoms with van der Waals surface area (Å²) in [5, 5.41) is 11.6. The average Bonchev–Trinajstić information content (AvgIpc) is 1.85. The molecule has 1 atom stereocenters. The fraction of sp³-hybridized carbons (Fsp3) is 0.857. The molecule has 0 aliphatic heterocycles. The minimum Gasteiger partial charge on any atom is -0.391 e.